The Bertz CT molecular complexity index is 1070. The van der Waals surface area contributed by atoms with Crippen molar-refractivity contribution in [3.05, 3.63) is 47.5 Å². The van der Waals surface area contributed by atoms with Crippen molar-refractivity contribution in [1.82, 2.24) is 5.32 Å². The molecule has 0 aliphatic heterocycles. The van der Waals surface area contributed by atoms with Gasteiger partial charge < -0.3 is 63.9 Å². The molecule has 2 aromatic carbocycles. The highest BCUT2D eigenvalue weighted by molar-refractivity contribution is 5.80. The van der Waals surface area contributed by atoms with Gasteiger partial charge >= 0.3 is 5.97 Å². The van der Waals surface area contributed by atoms with E-state index >= 15 is 0 Å². The Morgan fingerprint density at radius 1 is 0.837 bits per heavy atom. The Labute approximate surface area is 270 Å². The maximum atomic E-state index is 11.2. The summed E-state index contributed by atoms with van der Waals surface area (Å²) in [5, 5.41) is 11.2. The van der Waals surface area contributed by atoms with Crippen LogP contribution in [0.15, 0.2) is 36.4 Å². The largest absolute Gasteiger partial charge is 1.00 e. The average molecular weight is 720 g/mol. The Kier molecular flexibility index (Phi) is 30.3. The number of aliphatic carboxylic acids is 1. The van der Waals surface area contributed by atoms with E-state index in [2.05, 4.69) is 5.32 Å². The maximum Gasteiger partial charge on any atom is 0.303 e. The Morgan fingerprint density at radius 3 is 1.56 bits per heavy atom. The number of amides is 1. The van der Waals surface area contributed by atoms with Crippen molar-refractivity contribution in [1.29, 1.82) is 0 Å². The Hall–Kier alpha value is -3.72. The molecule has 2 aromatic rings. The number of benzene rings is 2. The SMILES string of the molecule is CC=O.CCN.CCNC(=O)CCCOc1ccc(C=O)c(OC)c1.COc1cc(OCCCC(=O)O)ccc1C=O.[I-]. The van der Waals surface area contributed by atoms with Crippen LogP contribution in [0.4, 0.5) is 0 Å². The predicted octanol–water partition coefficient (Wildman–Crippen LogP) is 0.728. The summed E-state index contributed by atoms with van der Waals surface area (Å²) in [6.07, 6.45) is 3.78. The molecule has 0 unspecified atom stereocenters. The van der Waals surface area contributed by atoms with Crippen molar-refractivity contribution in [2.45, 2.75) is 46.5 Å². The van der Waals surface area contributed by atoms with Gasteiger partial charge in [0, 0.05) is 31.5 Å². The Balaban J connectivity index is -0.000000618. The van der Waals surface area contributed by atoms with Crippen molar-refractivity contribution in [3.63, 3.8) is 0 Å². The topological polar surface area (TPSA) is 181 Å². The fraction of sp³-hybridized carbons (Fsp3) is 0.433. The van der Waals surface area contributed by atoms with E-state index in [1.54, 1.807) is 36.4 Å². The molecule has 0 atom stereocenters. The van der Waals surface area contributed by atoms with Crippen molar-refractivity contribution in [3.8, 4) is 23.0 Å². The van der Waals surface area contributed by atoms with Gasteiger partial charge in [0.1, 0.15) is 29.3 Å². The monoisotopic (exact) mass is 719 g/mol. The minimum absolute atomic E-state index is 0. The van der Waals surface area contributed by atoms with Crippen molar-refractivity contribution >= 4 is 30.7 Å². The van der Waals surface area contributed by atoms with Gasteiger partial charge in [0.25, 0.3) is 0 Å². The fourth-order valence-corrected chi connectivity index (χ4v) is 2.88. The number of carboxylic acid groups (broad SMARTS) is 1. The van der Waals surface area contributed by atoms with E-state index in [0.717, 1.165) is 19.1 Å². The highest BCUT2D eigenvalue weighted by atomic mass is 127. The maximum absolute atomic E-state index is 11.2. The molecule has 12 nitrogen and oxygen atoms in total. The molecular weight excluding hydrogens is 675 g/mol. The van der Waals surface area contributed by atoms with Crippen LogP contribution in [0.3, 0.4) is 0 Å². The van der Waals surface area contributed by atoms with Crippen LogP contribution in [0.1, 0.15) is 67.2 Å². The molecule has 0 aromatic heterocycles. The zero-order valence-electron chi connectivity index (χ0n) is 25.4. The molecule has 2 rings (SSSR count). The number of nitrogens with one attached hydrogen (secondary N) is 1. The third kappa shape index (κ3) is 22.5. The highest BCUT2D eigenvalue weighted by Gasteiger charge is 2.06. The fourth-order valence-electron chi connectivity index (χ4n) is 2.88. The van der Waals surface area contributed by atoms with Crippen LogP contribution in [-0.4, -0.2) is 76.4 Å². The lowest BCUT2D eigenvalue weighted by molar-refractivity contribution is -0.137. The number of hydrogen-bond donors (Lipinski definition) is 3. The molecule has 0 saturated heterocycles. The van der Waals surface area contributed by atoms with Gasteiger partial charge in [0.2, 0.25) is 5.91 Å². The van der Waals surface area contributed by atoms with E-state index in [4.69, 9.17) is 34.6 Å². The van der Waals surface area contributed by atoms with Gasteiger partial charge in [-0.05, 0) is 57.5 Å². The quantitative estimate of drug-likeness (QED) is 0.134. The number of rotatable bonds is 15. The first-order valence-electron chi connectivity index (χ1n) is 13.3. The minimum atomic E-state index is -0.845. The van der Waals surface area contributed by atoms with Crippen LogP contribution in [-0.2, 0) is 14.4 Å². The molecule has 43 heavy (non-hydrogen) atoms. The summed E-state index contributed by atoms with van der Waals surface area (Å²) in [7, 11) is 2.97. The summed E-state index contributed by atoms with van der Waals surface area (Å²) in [6, 6.07) is 9.86. The second kappa shape index (κ2) is 29.8. The van der Waals surface area contributed by atoms with Crippen LogP contribution in [0.25, 0.3) is 0 Å². The first-order valence-corrected chi connectivity index (χ1v) is 13.3. The normalized spacial score (nSPS) is 8.88. The summed E-state index contributed by atoms with van der Waals surface area (Å²) < 4.78 is 20.9. The summed E-state index contributed by atoms with van der Waals surface area (Å²) in [4.78, 5) is 51.7. The van der Waals surface area contributed by atoms with Gasteiger partial charge in [-0.25, -0.2) is 0 Å². The lowest BCUT2D eigenvalue weighted by Gasteiger charge is -2.09. The second-order valence-corrected chi connectivity index (χ2v) is 7.94. The van der Waals surface area contributed by atoms with Crippen molar-refractivity contribution in [2.75, 3.05) is 40.5 Å². The molecule has 242 valence electrons. The lowest BCUT2D eigenvalue weighted by atomic mass is 10.2. The molecule has 0 fully saturated rings. The number of carbonyl (C=O) groups excluding carboxylic acids is 4. The number of aldehydes is 3. The molecule has 4 N–H and O–H groups in total. The first-order chi connectivity index (χ1) is 20.2. The molecule has 0 aliphatic carbocycles. The van der Waals surface area contributed by atoms with Crippen LogP contribution < -0.4 is 54.0 Å². The van der Waals surface area contributed by atoms with Crippen LogP contribution in [0.2, 0.25) is 0 Å². The van der Waals surface area contributed by atoms with E-state index in [1.807, 2.05) is 13.8 Å². The molecule has 0 spiro atoms. The van der Waals surface area contributed by atoms with Gasteiger partial charge in [-0.2, -0.15) is 0 Å². The first kappa shape index (κ1) is 43.7. The third-order valence-corrected chi connectivity index (χ3v) is 4.66. The summed E-state index contributed by atoms with van der Waals surface area (Å²) in [5.41, 5.74) is 5.78. The van der Waals surface area contributed by atoms with Gasteiger partial charge in [0.05, 0.1) is 38.6 Å². The van der Waals surface area contributed by atoms with Gasteiger partial charge in [0.15, 0.2) is 12.6 Å². The highest BCUT2D eigenvalue weighted by Crippen LogP contribution is 2.24. The van der Waals surface area contributed by atoms with Crippen molar-refractivity contribution in [2.24, 2.45) is 5.73 Å². The third-order valence-electron chi connectivity index (χ3n) is 4.66. The molecule has 1 amide bonds. The summed E-state index contributed by atoms with van der Waals surface area (Å²) >= 11 is 0. The van der Waals surface area contributed by atoms with Gasteiger partial charge in [-0.1, -0.05) is 6.92 Å². The van der Waals surface area contributed by atoms with E-state index in [1.165, 1.54) is 21.1 Å². The number of halogens is 1. The van der Waals surface area contributed by atoms with E-state index in [-0.39, 0.29) is 36.3 Å². The van der Waals surface area contributed by atoms with Gasteiger partial charge in [-0.15, -0.1) is 0 Å². The van der Waals surface area contributed by atoms with Gasteiger partial charge in [-0.3, -0.25) is 19.2 Å². The zero-order chi connectivity index (χ0) is 32.2. The number of carboxylic acids is 1. The van der Waals surface area contributed by atoms with Crippen LogP contribution >= 0.6 is 0 Å². The minimum Gasteiger partial charge on any atom is -1.00 e. The summed E-state index contributed by atoms with van der Waals surface area (Å²) in [5.74, 6) is 1.28. The number of carbonyl (C=O) groups is 5. The molecule has 0 heterocycles. The molecular formula is C30H44IN2O10-. The standard InChI is InChI=1S/C14H19NO4.C12H14O5.C2H7N.C2H4O.HI/c1-3-15-14(17)5-4-8-19-12-7-6-11(10-16)13(9-12)18-2;1-16-11-7-10(5-4-9(11)8-13)17-6-2-3-12(14)15;2*1-2-3;/h6-7,9-10H,3-5,8H2,1-2H3,(H,15,17);4-5,7-8H,2-3,6H2,1H3,(H,14,15);2-3H2,1H3;2H,1H3;1H/p-1. The van der Waals surface area contributed by atoms with Crippen molar-refractivity contribution < 1.29 is 72.0 Å². The molecule has 0 bridgehead atoms. The van der Waals surface area contributed by atoms with E-state index < -0.39 is 5.97 Å². The predicted molar refractivity (Wildman–Crippen MR) is 159 cm³/mol. The molecule has 0 aliphatic rings. The lowest BCUT2D eigenvalue weighted by Crippen LogP contribution is -3.00. The zero-order valence-corrected chi connectivity index (χ0v) is 27.6. The number of nitrogens with two attached hydrogens (primary N) is 1. The number of hydrogen-bond acceptors (Lipinski definition) is 10. The molecule has 0 radical (unpaired) electrons. The second-order valence-electron chi connectivity index (χ2n) is 7.94. The number of methoxy groups -OCH3 is 2. The van der Waals surface area contributed by atoms with E-state index in [9.17, 15) is 19.2 Å². The average Bonchev–Trinajstić information content (AvgIpc) is 2.98. The van der Waals surface area contributed by atoms with Crippen LogP contribution in [0.5, 0.6) is 23.0 Å². The van der Waals surface area contributed by atoms with E-state index in [0.29, 0.717) is 79.4 Å². The smallest absolute Gasteiger partial charge is 0.303 e. The molecule has 13 heteroatoms. The van der Waals surface area contributed by atoms with Crippen LogP contribution in [0, 0.1) is 0 Å². The molecule has 0 saturated carbocycles. The number of ether oxygens (including phenoxy) is 4. The Morgan fingerprint density at radius 2 is 1.23 bits per heavy atom. The summed E-state index contributed by atoms with van der Waals surface area (Å²) in [6.45, 7) is 7.38.